The van der Waals surface area contributed by atoms with E-state index in [0.29, 0.717) is 17.5 Å². The number of hydrogen-bond donors (Lipinski definition) is 4. The van der Waals surface area contributed by atoms with E-state index in [0.717, 1.165) is 32.1 Å². The van der Waals surface area contributed by atoms with Gasteiger partial charge in [-0.05, 0) is 54.7 Å². The summed E-state index contributed by atoms with van der Waals surface area (Å²) in [5, 5.41) is 20.1. The number of nitrogens with one attached hydrogen (secondary N) is 3. The lowest BCUT2D eigenvalue weighted by molar-refractivity contribution is -0.133. The molecule has 2 heterocycles. The number of unbranched alkanes of at least 4 members (excludes halogenated alkanes) is 11. The van der Waals surface area contributed by atoms with E-state index in [2.05, 4.69) is 47.1 Å². The Balaban J connectivity index is 0.875. The molecule has 0 spiro atoms. The van der Waals surface area contributed by atoms with Crippen molar-refractivity contribution in [3.8, 4) is 0 Å². The molecule has 0 unspecified atom stereocenters. The largest absolute Gasteiger partial charge is 0.389 e. The molecule has 2 aliphatic heterocycles. The van der Waals surface area contributed by atoms with Crippen LogP contribution in [0.25, 0.3) is 0 Å². The molecule has 0 radical (unpaired) electrons. The molecule has 4 N–H and O–H groups in total. The summed E-state index contributed by atoms with van der Waals surface area (Å²) < 4.78 is 0. The van der Waals surface area contributed by atoms with Crippen molar-refractivity contribution in [1.29, 1.82) is 0 Å². The van der Waals surface area contributed by atoms with Gasteiger partial charge in [-0.3, -0.25) is 24.0 Å². The smallest absolute Gasteiger partial charge is 0.254 e. The predicted molar refractivity (Wildman–Crippen MR) is 240 cm³/mol. The van der Waals surface area contributed by atoms with Gasteiger partial charge < -0.3 is 30.9 Å². The zero-order valence-electron chi connectivity index (χ0n) is 36.5. The van der Waals surface area contributed by atoms with Crippen LogP contribution in [0.3, 0.4) is 0 Å². The van der Waals surface area contributed by atoms with Crippen LogP contribution in [0.5, 0.6) is 0 Å². The minimum absolute atomic E-state index is 0.0123. The number of β-amino-alcohol motifs (C(OH)–C–C–N with tert-alkyl or cyclic N) is 1. The Hall–Kier alpha value is -5.03. The number of benzene rings is 3. The van der Waals surface area contributed by atoms with Gasteiger partial charge in [0, 0.05) is 67.6 Å². The summed E-state index contributed by atoms with van der Waals surface area (Å²) in [6.07, 6.45) is 15.9. The predicted octanol–water partition coefficient (Wildman–Crippen LogP) is 7.11. The normalized spacial score (nSPS) is 25.0. The zero-order chi connectivity index (χ0) is 43.4. The molecule has 5 amide bonds. The molecule has 332 valence electrons. The van der Waals surface area contributed by atoms with Crippen LogP contribution >= 0.6 is 0 Å². The van der Waals surface area contributed by atoms with Crippen molar-refractivity contribution in [2.75, 3.05) is 26.2 Å². The van der Waals surface area contributed by atoms with E-state index in [4.69, 9.17) is 0 Å². The van der Waals surface area contributed by atoms with Gasteiger partial charge in [0.15, 0.2) is 0 Å². The second kappa shape index (κ2) is 21.9. The van der Waals surface area contributed by atoms with Gasteiger partial charge in [0.2, 0.25) is 17.7 Å². The standard InChI is InChI=1S/C51H67N5O6/c1-2-3-4-5-6-7-8-9-10-11-12-19-24-47(58)52-45-33-56(34-46(45)57)51(62)38-27-25-37(26-28-38)50(61)55-31-41(48(59)53-43-29-39(43)35-20-15-13-16-21-35)42(32-55)49(60)54-44-30-40(44)36-22-17-14-18-23-36/h13-18,20-23,25-28,39-46,57H,2-12,19,24,29-34H2,1H3,(H,52,58)(H,53,59)(H,54,60)/t39-,40-,41-,42-,43+,44+,45+,46+/m1/s1. The van der Waals surface area contributed by atoms with Crippen molar-refractivity contribution in [3.05, 3.63) is 107 Å². The van der Waals surface area contributed by atoms with Crippen LogP contribution in [-0.4, -0.2) is 94.9 Å². The molecule has 11 nitrogen and oxygen atoms in total. The highest BCUT2D eigenvalue weighted by Gasteiger charge is 2.49. The van der Waals surface area contributed by atoms with Crippen molar-refractivity contribution in [2.45, 2.75) is 139 Å². The number of carbonyl (C=O) groups is 5. The topological polar surface area (TPSA) is 148 Å². The molecular weight excluding hydrogens is 779 g/mol. The molecule has 11 heteroatoms. The van der Waals surface area contributed by atoms with E-state index in [9.17, 15) is 29.1 Å². The Morgan fingerprint density at radius 3 is 1.39 bits per heavy atom. The van der Waals surface area contributed by atoms with Gasteiger partial charge in [-0.2, -0.15) is 0 Å². The van der Waals surface area contributed by atoms with Crippen LogP contribution in [0.4, 0.5) is 0 Å². The first kappa shape index (κ1) is 45.0. The molecule has 7 rings (SSSR count). The van der Waals surface area contributed by atoms with Crippen molar-refractivity contribution in [3.63, 3.8) is 0 Å². The van der Waals surface area contributed by atoms with E-state index in [1.165, 1.54) is 73.8 Å². The maximum atomic E-state index is 13.9. The van der Waals surface area contributed by atoms with Crippen molar-refractivity contribution in [1.82, 2.24) is 25.8 Å². The van der Waals surface area contributed by atoms with Crippen LogP contribution in [0.1, 0.15) is 147 Å². The summed E-state index contributed by atoms with van der Waals surface area (Å²) >= 11 is 0. The Kier molecular flexibility index (Phi) is 15.9. The molecular formula is C51H67N5O6. The first-order valence-electron chi connectivity index (χ1n) is 23.6. The molecule has 3 aromatic rings. The fraction of sp³-hybridized carbons (Fsp3) is 0.549. The van der Waals surface area contributed by atoms with Gasteiger partial charge >= 0.3 is 0 Å². The number of aliphatic hydroxyl groups is 1. The number of rotatable bonds is 22. The molecule has 0 bridgehead atoms. The van der Waals surface area contributed by atoms with E-state index in [1.54, 1.807) is 29.2 Å². The third-order valence-electron chi connectivity index (χ3n) is 13.5. The van der Waals surface area contributed by atoms with E-state index >= 15 is 0 Å². The quantitative estimate of drug-likeness (QED) is 0.0793. The summed E-state index contributed by atoms with van der Waals surface area (Å²) in [5.41, 5.74) is 3.06. The number of nitrogens with zero attached hydrogens (tertiary/aromatic N) is 2. The number of hydrogen-bond acceptors (Lipinski definition) is 6. The highest BCUT2D eigenvalue weighted by Crippen LogP contribution is 2.42. The fourth-order valence-electron chi connectivity index (χ4n) is 9.55. The van der Waals surface area contributed by atoms with Crippen molar-refractivity contribution < 1.29 is 29.1 Å². The SMILES string of the molecule is CCCCCCCCCCCCCCC(=O)N[C@H]1CN(C(=O)c2ccc(C(=O)N3C[C@@H](C(=O)N[C@H]4C[C@@H]4c4ccccc4)[C@H](C(=O)N[C@H]4C[C@@H]4c4ccccc4)C3)cc2)C[C@@H]1O. The van der Waals surface area contributed by atoms with Crippen LogP contribution in [0.15, 0.2) is 84.9 Å². The van der Waals surface area contributed by atoms with Gasteiger partial charge in [0.1, 0.15) is 0 Å². The lowest BCUT2D eigenvalue weighted by Gasteiger charge is -2.18. The summed E-state index contributed by atoms with van der Waals surface area (Å²) in [6.45, 7) is 2.76. The highest BCUT2D eigenvalue weighted by atomic mass is 16.3. The van der Waals surface area contributed by atoms with Gasteiger partial charge in [-0.15, -0.1) is 0 Å². The summed E-state index contributed by atoms with van der Waals surface area (Å²) in [5.74, 6) is -2.09. The molecule has 62 heavy (non-hydrogen) atoms. The number of likely N-dealkylation sites (tertiary alicyclic amines) is 2. The Bertz CT molecular complexity index is 1880. The summed E-state index contributed by atoms with van der Waals surface area (Å²) in [7, 11) is 0. The Morgan fingerprint density at radius 2 is 0.935 bits per heavy atom. The zero-order valence-corrected chi connectivity index (χ0v) is 36.5. The lowest BCUT2D eigenvalue weighted by Crippen LogP contribution is -2.43. The van der Waals surface area contributed by atoms with Crippen molar-refractivity contribution >= 4 is 29.5 Å². The second-order valence-corrected chi connectivity index (χ2v) is 18.3. The Labute approximate surface area is 367 Å². The maximum absolute atomic E-state index is 13.9. The number of carbonyl (C=O) groups excluding carboxylic acids is 5. The molecule has 8 atom stereocenters. The van der Waals surface area contributed by atoms with Crippen LogP contribution in [0.2, 0.25) is 0 Å². The van der Waals surface area contributed by atoms with Gasteiger partial charge in [0.05, 0.1) is 24.0 Å². The molecule has 0 aromatic heterocycles. The average molecular weight is 846 g/mol. The third-order valence-corrected chi connectivity index (χ3v) is 13.5. The van der Waals surface area contributed by atoms with Crippen molar-refractivity contribution in [2.24, 2.45) is 11.8 Å². The molecule has 4 aliphatic rings. The molecule has 4 fully saturated rings. The third kappa shape index (κ3) is 12.1. The van der Waals surface area contributed by atoms with Crippen LogP contribution in [-0.2, 0) is 14.4 Å². The highest BCUT2D eigenvalue weighted by molar-refractivity contribution is 5.99. The molecule has 3 aromatic carbocycles. The van der Waals surface area contributed by atoms with E-state index in [-0.39, 0.29) is 79.6 Å². The molecule has 2 aliphatic carbocycles. The first-order chi connectivity index (χ1) is 30.2. The first-order valence-corrected chi connectivity index (χ1v) is 23.6. The summed E-state index contributed by atoms with van der Waals surface area (Å²) in [6, 6.07) is 26.0. The number of amides is 5. The minimum atomic E-state index is -0.871. The monoisotopic (exact) mass is 846 g/mol. The molecule has 2 saturated heterocycles. The van der Waals surface area contributed by atoms with Gasteiger partial charge in [-0.1, -0.05) is 138 Å². The summed E-state index contributed by atoms with van der Waals surface area (Å²) in [4.78, 5) is 71.0. The lowest BCUT2D eigenvalue weighted by atomic mass is 9.94. The van der Waals surface area contributed by atoms with Crippen LogP contribution < -0.4 is 16.0 Å². The van der Waals surface area contributed by atoms with E-state index < -0.39 is 24.0 Å². The second-order valence-electron chi connectivity index (χ2n) is 18.3. The maximum Gasteiger partial charge on any atom is 0.254 e. The number of aliphatic hydroxyl groups excluding tert-OH is 1. The molecule has 2 saturated carbocycles. The Morgan fingerprint density at radius 1 is 0.516 bits per heavy atom. The van der Waals surface area contributed by atoms with Gasteiger partial charge in [0.25, 0.3) is 11.8 Å². The van der Waals surface area contributed by atoms with Crippen LogP contribution in [0, 0.1) is 11.8 Å². The average Bonchev–Trinajstić information content (AvgIpc) is 4.16. The minimum Gasteiger partial charge on any atom is -0.389 e. The van der Waals surface area contributed by atoms with E-state index in [1.807, 2.05) is 36.4 Å². The fourth-order valence-corrected chi connectivity index (χ4v) is 9.55. The van der Waals surface area contributed by atoms with Gasteiger partial charge in [-0.25, -0.2) is 0 Å².